The van der Waals surface area contributed by atoms with Gasteiger partial charge < -0.3 is 14.8 Å². The topological polar surface area (TPSA) is 95.3 Å². The van der Waals surface area contributed by atoms with E-state index in [-0.39, 0.29) is 17.9 Å². The Morgan fingerprint density at radius 2 is 1.90 bits per heavy atom. The van der Waals surface area contributed by atoms with Crippen LogP contribution in [0.1, 0.15) is 12.8 Å². The molecule has 0 unspecified atom stereocenters. The molecule has 0 saturated carbocycles. The number of fused-ring (bicyclic) bond motifs is 2. The van der Waals surface area contributed by atoms with Crippen LogP contribution >= 0.6 is 11.3 Å². The zero-order chi connectivity index (χ0) is 21.1. The van der Waals surface area contributed by atoms with Gasteiger partial charge in [-0.2, -0.15) is 0 Å². The molecule has 8 nitrogen and oxygen atoms in total. The van der Waals surface area contributed by atoms with Gasteiger partial charge in [-0.05, 0) is 18.6 Å². The average molecular weight is 424 g/mol. The summed E-state index contributed by atoms with van der Waals surface area (Å²) in [6.45, 7) is 0.415. The first kappa shape index (κ1) is 19.8. The minimum absolute atomic E-state index is 0.102. The lowest BCUT2D eigenvalue weighted by Crippen LogP contribution is -2.21. The molecule has 0 aliphatic rings. The van der Waals surface area contributed by atoms with Gasteiger partial charge in [0, 0.05) is 25.1 Å². The molecule has 0 fully saturated rings. The summed E-state index contributed by atoms with van der Waals surface area (Å²) in [6.07, 6.45) is 2.30. The molecule has 2 aromatic carbocycles. The number of amides is 1. The molecular weight excluding hydrogens is 404 g/mol. The van der Waals surface area contributed by atoms with E-state index in [4.69, 9.17) is 9.47 Å². The average Bonchev–Trinajstić information content (AvgIpc) is 3.15. The quantitative estimate of drug-likeness (QED) is 0.488. The van der Waals surface area contributed by atoms with Crippen molar-refractivity contribution >= 4 is 43.5 Å². The number of nitrogens with zero attached hydrogens (tertiary/aromatic N) is 3. The van der Waals surface area contributed by atoms with Crippen LogP contribution in [0.15, 0.2) is 47.5 Å². The minimum atomic E-state index is -0.158. The zero-order valence-electron chi connectivity index (χ0n) is 16.5. The highest BCUT2D eigenvalue weighted by atomic mass is 32.1. The molecule has 1 amide bonds. The number of anilines is 1. The molecule has 2 heterocycles. The van der Waals surface area contributed by atoms with Crippen LogP contribution in [0.3, 0.4) is 0 Å². The van der Waals surface area contributed by atoms with E-state index in [0.717, 1.165) is 10.2 Å². The van der Waals surface area contributed by atoms with Crippen molar-refractivity contribution in [2.45, 2.75) is 19.4 Å². The van der Waals surface area contributed by atoms with Crippen LogP contribution in [0.5, 0.6) is 11.5 Å². The van der Waals surface area contributed by atoms with Crippen molar-refractivity contribution in [1.82, 2.24) is 14.5 Å². The number of benzene rings is 2. The predicted molar refractivity (Wildman–Crippen MR) is 117 cm³/mol. The van der Waals surface area contributed by atoms with Gasteiger partial charge in [-0.25, -0.2) is 9.97 Å². The fraction of sp³-hybridized carbons (Fsp3) is 0.238. The summed E-state index contributed by atoms with van der Waals surface area (Å²) in [5, 5.41) is 3.90. The summed E-state index contributed by atoms with van der Waals surface area (Å²) in [7, 11) is 3.14. The van der Waals surface area contributed by atoms with E-state index in [2.05, 4.69) is 15.3 Å². The number of hydrogen-bond acceptors (Lipinski definition) is 7. The molecule has 0 radical (unpaired) electrons. The largest absolute Gasteiger partial charge is 0.493 e. The normalized spacial score (nSPS) is 11.0. The maximum Gasteiger partial charge on any atom is 0.261 e. The van der Waals surface area contributed by atoms with E-state index in [9.17, 15) is 9.59 Å². The highest BCUT2D eigenvalue weighted by molar-refractivity contribution is 7.22. The first-order valence-electron chi connectivity index (χ1n) is 9.35. The number of ether oxygens (including phenoxy) is 2. The molecule has 0 aliphatic carbocycles. The number of hydrogen-bond donors (Lipinski definition) is 1. The predicted octanol–water partition coefficient (Wildman–Crippen LogP) is 3.44. The van der Waals surface area contributed by atoms with Gasteiger partial charge in [0.2, 0.25) is 5.91 Å². The van der Waals surface area contributed by atoms with Gasteiger partial charge in [0.15, 0.2) is 16.6 Å². The Morgan fingerprint density at radius 1 is 1.13 bits per heavy atom. The SMILES string of the molecule is COc1cc2nc(NC(=O)CCCn3cnc4ccccc4c3=O)sc2cc1OC. The summed E-state index contributed by atoms with van der Waals surface area (Å²) >= 11 is 1.36. The smallest absolute Gasteiger partial charge is 0.261 e. The second-order valence-electron chi connectivity index (χ2n) is 6.61. The molecule has 0 bridgehead atoms. The summed E-state index contributed by atoms with van der Waals surface area (Å²) in [5.74, 6) is 1.04. The van der Waals surface area contributed by atoms with Crippen molar-refractivity contribution in [1.29, 1.82) is 0 Å². The van der Waals surface area contributed by atoms with Crippen molar-refractivity contribution in [3.8, 4) is 11.5 Å². The highest BCUT2D eigenvalue weighted by Gasteiger charge is 2.12. The van der Waals surface area contributed by atoms with Crippen molar-refractivity contribution in [3.63, 3.8) is 0 Å². The van der Waals surface area contributed by atoms with Gasteiger partial charge >= 0.3 is 0 Å². The monoisotopic (exact) mass is 424 g/mol. The third-order valence-corrected chi connectivity index (χ3v) is 5.61. The van der Waals surface area contributed by atoms with Crippen LogP contribution in [0.4, 0.5) is 5.13 Å². The fourth-order valence-electron chi connectivity index (χ4n) is 3.17. The van der Waals surface area contributed by atoms with E-state index in [1.165, 1.54) is 22.2 Å². The van der Waals surface area contributed by atoms with Gasteiger partial charge in [0.25, 0.3) is 5.56 Å². The van der Waals surface area contributed by atoms with E-state index >= 15 is 0 Å². The van der Waals surface area contributed by atoms with Crippen LogP contribution in [0.25, 0.3) is 21.1 Å². The number of carbonyl (C=O) groups is 1. The number of para-hydroxylation sites is 1. The Kier molecular flexibility index (Phi) is 5.62. The van der Waals surface area contributed by atoms with Crippen LogP contribution in [0.2, 0.25) is 0 Å². The lowest BCUT2D eigenvalue weighted by Gasteiger charge is -2.06. The minimum Gasteiger partial charge on any atom is -0.493 e. The van der Waals surface area contributed by atoms with E-state index in [1.54, 1.807) is 32.4 Å². The molecule has 1 N–H and O–H groups in total. The van der Waals surface area contributed by atoms with Crippen molar-refractivity contribution in [2.24, 2.45) is 0 Å². The second kappa shape index (κ2) is 8.50. The van der Waals surface area contributed by atoms with Crippen molar-refractivity contribution < 1.29 is 14.3 Å². The van der Waals surface area contributed by atoms with Crippen molar-refractivity contribution in [2.75, 3.05) is 19.5 Å². The maximum atomic E-state index is 12.5. The molecule has 9 heteroatoms. The Labute approximate surface area is 176 Å². The van der Waals surface area contributed by atoms with E-state index in [0.29, 0.717) is 40.5 Å². The van der Waals surface area contributed by atoms with E-state index < -0.39 is 0 Å². The van der Waals surface area contributed by atoms with Gasteiger partial charge in [-0.3, -0.25) is 14.2 Å². The number of methoxy groups -OCH3 is 2. The highest BCUT2D eigenvalue weighted by Crippen LogP contribution is 2.36. The number of rotatable bonds is 7. The lowest BCUT2D eigenvalue weighted by molar-refractivity contribution is -0.116. The van der Waals surface area contributed by atoms with Crippen LogP contribution in [-0.2, 0) is 11.3 Å². The summed E-state index contributed by atoms with van der Waals surface area (Å²) < 4.78 is 13.0. The number of aryl methyl sites for hydroxylation is 1. The van der Waals surface area contributed by atoms with Gasteiger partial charge in [0.1, 0.15) is 0 Å². The third-order valence-electron chi connectivity index (χ3n) is 4.67. The molecule has 4 aromatic rings. The lowest BCUT2D eigenvalue weighted by atomic mass is 10.2. The summed E-state index contributed by atoms with van der Waals surface area (Å²) in [6, 6.07) is 10.8. The molecule has 0 saturated heterocycles. The first-order valence-corrected chi connectivity index (χ1v) is 10.2. The molecule has 0 spiro atoms. The van der Waals surface area contributed by atoms with Crippen LogP contribution < -0.4 is 20.3 Å². The van der Waals surface area contributed by atoms with Crippen molar-refractivity contribution in [3.05, 3.63) is 53.1 Å². The number of carbonyl (C=O) groups excluding carboxylic acids is 1. The first-order chi connectivity index (χ1) is 14.6. The standard InChI is InChI=1S/C21H20N4O4S/c1-28-16-10-15-18(11-17(16)29-2)30-21(23-15)24-19(26)8-5-9-25-12-22-14-7-4-3-6-13(14)20(25)27/h3-4,6-7,10-12H,5,8-9H2,1-2H3,(H,23,24,26). The number of aromatic nitrogens is 3. The summed E-state index contributed by atoms with van der Waals surface area (Å²) in [5.41, 5.74) is 1.29. The fourth-order valence-corrected chi connectivity index (χ4v) is 4.06. The molecule has 154 valence electrons. The Bertz CT molecular complexity index is 1240. The molecule has 0 atom stereocenters. The van der Waals surface area contributed by atoms with Gasteiger partial charge in [0.05, 0.1) is 41.7 Å². The maximum absolute atomic E-state index is 12.5. The molecule has 0 aliphatic heterocycles. The molecular formula is C21H20N4O4S. The zero-order valence-corrected chi connectivity index (χ0v) is 17.4. The number of nitrogens with one attached hydrogen (secondary N) is 1. The third kappa shape index (κ3) is 3.97. The number of thiazole rings is 1. The Hall–Kier alpha value is -3.46. The Morgan fingerprint density at radius 3 is 2.70 bits per heavy atom. The van der Waals surface area contributed by atoms with Crippen LogP contribution in [-0.4, -0.2) is 34.7 Å². The molecule has 2 aromatic heterocycles. The van der Waals surface area contributed by atoms with Crippen LogP contribution in [0, 0.1) is 0 Å². The second-order valence-corrected chi connectivity index (χ2v) is 7.64. The summed E-state index contributed by atoms with van der Waals surface area (Å²) in [4.78, 5) is 33.5. The van der Waals surface area contributed by atoms with E-state index in [1.807, 2.05) is 18.2 Å². The molecule has 4 rings (SSSR count). The van der Waals surface area contributed by atoms with Gasteiger partial charge in [-0.1, -0.05) is 23.5 Å². The van der Waals surface area contributed by atoms with Gasteiger partial charge in [-0.15, -0.1) is 0 Å². The Balaban J connectivity index is 1.39. The molecule has 30 heavy (non-hydrogen) atoms.